The molecule has 0 spiro atoms. The van der Waals surface area contributed by atoms with E-state index in [9.17, 15) is 9.59 Å². The van der Waals surface area contributed by atoms with Gasteiger partial charge < -0.3 is 14.7 Å². The first-order chi connectivity index (χ1) is 13.9. The van der Waals surface area contributed by atoms with Gasteiger partial charge in [0.25, 0.3) is 0 Å². The molecule has 29 heavy (non-hydrogen) atoms. The van der Waals surface area contributed by atoms with E-state index in [2.05, 4.69) is 15.5 Å². The first-order valence-electron chi connectivity index (χ1n) is 9.19. The maximum absolute atomic E-state index is 12.7. The van der Waals surface area contributed by atoms with Crippen LogP contribution in [0.5, 0.6) is 0 Å². The first-order valence-corrected chi connectivity index (χ1v) is 9.56. The van der Waals surface area contributed by atoms with E-state index in [0.29, 0.717) is 34.7 Å². The molecule has 1 N–H and O–H groups in total. The third-order valence-corrected chi connectivity index (χ3v) is 5.12. The van der Waals surface area contributed by atoms with Crippen LogP contribution >= 0.6 is 11.6 Å². The van der Waals surface area contributed by atoms with Gasteiger partial charge in [-0.2, -0.15) is 4.98 Å². The molecule has 3 aromatic rings. The molecule has 2 heterocycles. The van der Waals surface area contributed by atoms with Crippen LogP contribution < -0.4 is 10.2 Å². The Labute approximate surface area is 172 Å². The van der Waals surface area contributed by atoms with Crippen LogP contribution in [-0.2, 0) is 9.59 Å². The van der Waals surface area contributed by atoms with Gasteiger partial charge in [0.15, 0.2) is 0 Å². The summed E-state index contributed by atoms with van der Waals surface area (Å²) in [6.07, 6.45) is 0.157. The van der Waals surface area contributed by atoms with Gasteiger partial charge in [0, 0.05) is 41.9 Å². The summed E-state index contributed by atoms with van der Waals surface area (Å²) in [7, 11) is 0. The number of anilines is 2. The van der Waals surface area contributed by atoms with E-state index >= 15 is 0 Å². The Morgan fingerprint density at radius 3 is 2.79 bits per heavy atom. The second-order valence-corrected chi connectivity index (χ2v) is 7.48. The second-order valence-electron chi connectivity index (χ2n) is 7.04. The van der Waals surface area contributed by atoms with Gasteiger partial charge in [0.1, 0.15) is 0 Å². The van der Waals surface area contributed by atoms with Crippen LogP contribution in [0.2, 0.25) is 5.02 Å². The number of aryl methyl sites for hydroxylation is 2. The Hall–Kier alpha value is -3.19. The van der Waals surface area contributed by atoms with Crippen molar-refractivity contribution in [3.63, 3.8) is 0 Å². The quantitative estimate of drug-likeness (QED) is 0.702. The van der Waals surface area contributed by atoms with E-state index in [4.69, 9.17) is 16.1 Å². The summed E-state index contributed by atoms with van der Waals surface area (Å²) < 4.78 is 5.02. The number of hydrogen-bond acceptors (Lipinski definition) is 5. The number of aromatic nitrogens is 2. The van der Waals surface area contributed by atoms with E-state index in [1.807, 2.05) is 31.2 Å². The molecule has 0 aliphatic carbocycles. The van der Waals surface area contributed by atoms with Crippen molar-refractivity contribution in [2.45, 2.75) is 20.3 Å². The minimum Gasteiger partial charge on any atom is -0.339 e. The lowest BCUT2D eigenvalue weighted by molar-refractivity contribution is -0.122. The topological polar surface area (TPSA) is 88.3 Å². The molecule has 0 saturated carbocycles. The largest absolute Gasteiger partial charge is 0.339 e. The molecule has 1 aliphatic heterocycles. The molecule has 2 aromatic carbocycles. The van der Waals surface area contributed by atoms with Gasteiger partial charge in [0.2, 0.25) is 23.5 Å². The summed E-state index contributed by atoms with van der Waals surface area (Å²) in [5.74, 6) is 0.213. The van der Waals surface area contributed by atoms with Crippen LogP contribution in [0.25, 0.3) is 11.4 Å². The number of nitrogens with one attached hydrogen (secondary N) is 1. The molecule has 1 atom stereocenters. The highest BCUT2D eigenvalue weighted by molar-refractivity contribution is 6.30. The van der Waals surface area contributed by atoms with Crippen LogP contribution in [0.3, 0.4) is 0 Å². The predicted octanol–water partition coefficient (Wildman–Crippen LogP) is 4.00. The zero-order valence-electron chi connectivity index (χ0n) is 16.0. The average molecular weight is 411 g/mol. The maximum atomic E-state index is 12.7. The molecule has 7 nitrogen and oxygen atoms in total. The normalized spacial score (nSPS) is 16.3. The predicted molar refractivity (Wildman–Crippen MR) is 110 cm³/mol. The van der Waals surface area contributed by atoms with Crippen LogP contribution in [0.15, 0.2) is 47.0 Å². The number of hydrogen-bond donors (Lipinski definition) is 1. The molecule has 1 saturated heterocycles. The van der Waals surface area contributed by atoms with Crippen molar-refractivity contribution >= 4 is 34.8 Å². The fraction of sp³-hybridized carbons (Fsp3) is 0.238. The Balaban J connectivity index is 1.50. The lowest BCUT2D eigenvalue weighted by atomic mass is 10.1. The molecule has 2 amide bonds. The van der Waals surface area contributed by atoms with Gasteiger partial charge in [-0.25, -0.2) is 0 Å². The summed E-state index contributed by atoms with van der Waals surface area (Å²) in [6.45, 7) is 3.90. The number of amides is 2. The van der Waals surface area contributed by atoms with Gasteiger partial charge >= 0.3 is 0 Å². The van der Waals surface area contributed by atoms with E-state index in [1.54, 1.807) is 30.0 Å². The molecule has 1 aromatic heterocycles. The van der Waals surface area contributed by atoms with Crippen molar-refractivity contribution in [3.8, 4) is 11.4 Å². The van der Waals surface area contributed by atoms with Crippen molar-refractivity contribution in [1.29, 1.82) is 0 Å². The highest BCUT2D eigenvalue weighted by atomic mass is 35.5. The lowest BCUT2D eigenvalue weighted by Crippen LogP contribution is -2.28. The first kappa shape index (κ1) is 19.1. The minimum atomic E-state index is -0.436. The fourth-order valence-corrected chi connectivity index (χ4v) is 3.59. The van der Waals surface area contributed by atoms with E-state index in [-0.39, 0.29) is 18.2 Å². The third-order valence-electron chi connectivity index (χ3n) is 4.89. The molecule has 8 heteroatoms. The highest BCUT2D eigenvalue weighted by Gasteiger charge is 2.35. The average Bonchev–Trinajstić information content (AvgIpc) is 3.30. The number of nitrogens with zero attached hydrogens (tertiary/aromatic N) is 3. The summed E-state index contributed by atoms with van der Waals surface area (Å²) >= 11 is 5.97. The van der Waals surface area contributed by atoms with E-state index in [0.717, 1.165) is 11.1 Å². The Morgan fingerprint density at radius 2 is 2.07 bits per heavy atom. The van der Waals surface area contributed by atoms with Crippen LogP contribution in [0.1, 0.15) is 17.9 Å². The van der Waals surface area contributed by atoms with Gasteiger partial charge in [-0.3, -0.25) is 9.59 Å². The third kappa shape index (κ3) is 4.00. The zero-order valence-corrected chi connectivity index (χ0v) is 16.7. The highest BCUT2D eigenvalue weighted by Crippen LogP contribution is 2.29. The van der Waals surface area contributed by atoms with Crippen LogP contribution in [0.4, 0.5) is 11.4 Å². The Bertz CT molecular complexity index is 1100. The van der Waals surface area contributed by atoms with Crippen molar-refractivity contribution < 1.29 is 14.1 Å². The fourth-order valence-electron chi connectivity index (χ4n) is 3.36. The van der Waals surface area contributed by atoms with Gasteiger partial charge in [-0.1, -0.05) is 28.9 Å². The number of carbonyl (C=O) groups is 2. The summed E-state index contributed by atoms with van der Waals surface area (Å²) in [5.41, 5.74) is 3.01. The number of halogens is 1. The molecular formula is C21H19ClN4O3. The van der Waals surface area contributed by atoms with Crippen molar-refractivity contribution in [1.82, 2.24) is 10.1 Å². The standard InChI is InChI=1S/C21H19ClN4O3/c1-12-8-16(22)6-7-18(12)24-21(28)15-10-19(27)26(11-15)17-5-3-4-14(9-17)20-23-13(2)29-25-20/h3-9,15H,10-11H2,1-2H3,(H,24,28)/t15-/m0/s1. The molecule has 1 fully saturated rings. The number of benzene rings is 2. The Morgan fingerprint density at radius 1 is 1.24 bits per heavy atom. The zero-order chi connectivity index (χ0) is 20.5. The lowest BCUT2D eigenvalue weighted by Gasteiger charge is -2.17. The van der Waals surface area contributed by atoms with Gasteiger partial charge in [-0.15, -0.1) is 0 Å². The Kier molecular flexibility index (Phi) is 5.07. The molecule has 0 radical (unpaired) electrons. The van der Waals surface area contributed by atoms with Gasteiger partial charge in [0.05, 0.1) is 5.92 Å². The summed E-state index contributed by atoms with van der Waals surface area (Å²) in [4.78, 5) is 31.1. The SMILES string of the molecule is Cc1nc(-c2cccc(N3C[C@@H](C(=O)Nc4ccc(Cl)cc4C)CC3=O)c2)no1. The monoisotopic (exact) mass is 410 g/mol. The van der Waals surface area contributed by atoms with Crippen molar-refractivity contribution in [2.75, 3.05) is 16.8 Å². The summed E-state index contributed by atoms with van der Waals surface area (Å²) in [5, 5.41) is 7.43. The smallest absolute Gasteiger partial charge is 0.229 e. The number of rotatable bonds is 4. The minimum absolute atomic E-state index is 0.0978. The molecule has 0 unspecified atom stereocenters. The van der Waals surface area contributed by atoms with Crippen molar-refractivity contribution in [2.24, 2.45) is 5.92 Å². The molecule has 148 valence electrons. The second kappa shape index (κ2) is 7.67. The van der Waals surface area contributed by atoms with Crippen LogP contribution in [0, 0.1) is 19.8 Å². The van der Waals surface area contributed by atoms with Crippen molar-refractivity contribution in [3.05, 3.63) is 58.9 Å². The molecular weight excluding hydrogens is 392 g/mol. The van der Waals surface area contributed by atoms with Crippen LogP contribution in [-0.4, -0.2) is 28.5 Å². The molecule has 1 aliphatic rings. The molecule has 0 bridgehead atoms. The maximum Gasteiger partial charge on any atom is 0.229 e. The van der Waals surface area contributed by atoms with Gasteiger partial charge in [-0.05, 0) is 42.8 Å². The molecule has 4 rings (SSSR count). The summed E-state index contributed by atoms with van der Waals surface area (Å²) in [6, 6.07) is 12.6. The van der Waals surface area contributed by atoms with E-state index < -0.39 is 5.92 Å². The van der Waals surface area contributed by atoms with E-state index in [1.165, 1.54) is 0 Å². The number of carbonyl (C=O) groups excluding carboxylic acids is 2.